The molecule has 1 aliphatic heterocycles. The third-order valence-electron chi connectivity index (χ3n) is 2.32. The van der Waals surface area contributed by atoms with Crippen molar-refractivity contribution < 1.29 is 8.78 Å². The van der Waals surface area contributed by atoms with Gasteiger partial charge in [-0.25, -0.2) is 8.78 Å². The molecule has 1 aliphatic rings. The molecule has 2 rings (SSSR count). The van der Waals surface area contributed by atoms with Gasteiger partial charge in [-0.2, -0.15) is 0 Å². The summed E-state index contributed by atoms with van der Waals surface area (Å²) < 4.78 is 26.0. The molecule has 1 fully saturated rings. The van der Waals surface area contributed by atoms with E-state index in [2.05, 4.69) is 5.32 Å². The van der Waals surface area contributed by atoms with Crippen molar-refractivity contribution in [1.29, 1.82) is 0 Å². The predicted octanol–water partition coefficient (Wildman–Crippen LogP) is 1.68. The van der Waals surface area contributed by atoms with Crippen molar-refractivity contribution in [3.8, 4) is 0 Å². The van der Waals surface area contributed by atoms with Crippen molar-refractivity contribution in [3.05, 3.63) is 35.6 Å². The second-order valence-electron chi connectivity index (χ2n) is 3.56. The van der Waals surface area contributed by atoms with Crippen LogP contribution in [0.15, 0.2) is 24.3 Å². The first-order valence-corrected chi connectivity index (χ1v) is 4.32. The number of nitrogens with one attached hydrogen (secondary N) is 1. The van der Waals surface area contributed by atoms with E-state index in [1.165, 1.54) is 12.1 Å². The summed E-state index contributed by atoms with van der Waals surface area (Å²) in [6.07, 6.45) is 0.375. The summed E-state index contributed by atoms with van der Waals surface area (Å²) >= 11 is 0. The maximum atomic E-state index is 13.5. The van der Waals surface area contributed by atoms with Crippen LogP contribution in [0.1, 0.15) is 5.56 Å². The Kier molecular flexibility index (Phi) is 2.04. The van der Waals surface area contributed by atoms with Gasteiger partial charge < -0.3 is 5.32 Å². The van der Waals surface area contributed by atoms with Crippen molar-refractivity contribution >= 4 is 0 Å². The lowest BCUT2D eigenvalue weighted by atomic mass is 9.91. The SMILES string of the molecule is Fc1ccc(CC2(F)CNC2)cc1. The Morgan fingerprint density at radius 3 is 2.31 bits per heavy atom. The van der Waals surface area contributed by atoms with Crippen molar-refractivity contribution in [2.24, 2.45) is 0 Å². The average Bonchev–Trinajstić information content (AvgIpc) is 2.06. The smallest absolute Gasteiger partial charge is 0.139 e. The highest BCUT2D eigenvalue weighted by molar-refractivity contribution is 5.19. The van der Waals surface area contributed by atoms with Crippen LogP contribution in [0.25, 0.3) is 0 Å². The molecule has 0 aliphatic carbocycles. The Balaban J connectivity index is 2.05. The lowest BCUT2D eigenvalue weighted by molar-refractivity contribution is 0.0911. The van der Waals surface area contributed by atoms with E-state index in [0.29, 0.717) is 19.5 Å². The summed E-state index contributed by atoms with van der Waals surface area (Å²) in [6, 6.07) is 6.00. The van der Waals surface area contributed by atoms with Crippen LogP contribution < -0.4 is 5.32 Å². The molecule has 0 spiro atoms. The summed E-state index contributed by atoms with van der Waals surface area (Å²) in [6.45, 7) is 0.814. The number of alkyl halides is 1. The Bertz CT molecular complexity index is 290. The maximum absolute atomic E-state index is 13.5. The lowest BCUT2D eigenvalue weighted by Gasteiger charge is -2.35. The normalized spacial score (nSPS) is 19.5. The van der Waals surface area contributed by atoms with Gasteiger partial charge in [-0.3, -0.25) is 0 Å². The average molecular weight is 183 g/mol. The molecular weight excluding hydrogens is 172 g/mol. The molecule has 0 unspecified atom stereocenters. The Morgan fingerprint density at radius 2 is 1.85 bits per heavy atom. The van der Waals surface area contributed by atoms with Gasteiger partial charge in [0.25, 0.3) is 0 Å². The second-order valence-corrected chi connectivity index (χ2v) is 3.56. The zero-order valence-corrected chi connectivity index (χ0v) is 7.19. The monoisotopic (exact) mass is 183 g/mol. The molecule has 0 amide bonds. The number of rotatable bonds is 2. The Labute approximate surface area is 75.8 Å². The molecule has 1 nitrogen and oxygen atoms in total. The van der Waals surface area contributed by atoms with E-state index in [0.717, 1.165) is 5.56 Å². The van der Waals surface area contributed by atoms with Crippen molar-refractivity contribution in [2.45, 2.75) is 12.1 Å². The summed E-state index contributed by atoms with van der Waals surface area (Å²) in [5, 5.41) is 2.88. The highest BCUT2D eigenvalue weighted by Crippen LogP contribution is 2.22. The molecule has 1 heterocycles. The van der Waals surface area contributed by atoms with E-state index in [4.69, 9.17) is 0 Å². The van der Waals surface area contributed by atoms with Gasteiger partial charge >= 0.3 is 0 Å². The molecule has 0 radical (unpaired) electrons. The largest absolute Gasteiger partial charge is 0.310 e. The van der Waals surface area contributed by atoms with Crippen LogP contribution in [0.4, 0.5) is 8.78 Å². The third kappa shape index (κ3) is 1.86. The molecule has 13 heavy (non-hydrogen) atoms. The first kappa shape index (κ1) is 8.63. The summed E-state index contributed by atoms with van der Waals surface area (Å²) in [7, 11) is 0. The van der Waals surface area contributed by atoms with E-state index in [-0.39, 0.29) is 5.82 Å². The summed E-state index contributed by atoms with van der Waals surface area (Å²) in [5.74, 6) is -0.275. The highest BCUT2D eigenvalue weighted by atomic mass is 19.1. The Morgan fingerprint density at radius 1 is 1.23 bits per heavy atom. The highest BCUT2D eigenvalue weighted by Gasteiger charge is 2.36. The fourth-order valence-corrected chi connectivity index (χ4v) is 1.49. The van der Waals surface area contributed by atoms with Gasteiger partial charge in [0.05, 0.1) is 0 Å². The number of hydrogen-bond acceptors (Lipinski definition) is 1. The zero-order chi connectivity index (χ0) is 9.31. The Hall–Kier alpha value is -0.960. The van der Waals surface area contributed by atoms with Crippen LogP contribution in [0.3, 0.4) is 0 Å². The van der Waals surface area contributed by atoms with Crippen LogP contribution >= 0.6 is 0 Å². The van der Waals surface area contributed by atoms with E-state index in [1.54, 1.807) is 12.1 Å². The molecule has 1 aromatic carbocycles. The quantitative estimate of drug-likeness (QED) is 0.735. The fourth-order valence-electron chi connectivity index (χ4n) is 1.49. The van der Waals surface area contributed by atoms with Crippen molar-refractivity contribution in [1.82, 2.24) is 5.32 Å². The molecular formula is C10H11F2N. The number of halogens is 2. The third-order valence-corrected chi connectivity index (χ3v) is 2.32. The molecule has 70 valence electrons. The van der Waals surface area contributed by atoms with Crippen molar-refractivity contribution in [3.63, 3.8) is 0 Å². The molecule has 1 saturated heterocycles. The second kappa shape index (κ2) is 3.07. The molecule has 1 aromatic rings. The van der Waals surface area contributed by atoms with Crippen LogP contribution in [0.2, 0.25) is 0 Å². The number of hydrogen-bond donors (Lipinski definition) is 1. The minimum Gasteiger partial charge on any atom is -0.310 e. The standard InChI is InChI=1S/C10H11F2N/c11-9-3-1-8(2-4-9)5-10(12)6-13-7-10/h1-4,13H,5-7H2. The van der Waals surface area contributed by atoms with E-state index in [9.17, 15) is 8.78 Å². The van der Waals surface area contributed by atoms with E-state index in [1.807, 2.05) is 0 Å². The van der Waals surface area contributed by atoms with Gasteiger partial charge in [0, 0.05) is 19.5 Å². The van der Waals surface area contributed by atoms with Crippen LogP contribution in [-0.2, 0) is 6.42 Å². The van der Waals surface area contributed by atoms with Gasteiger partial charge in [-0.15, -0.1) is 0 Å². The molecule has 0 atom stereocenters. The van der Waals surface area contributed by atoms with E-state index >= 15 is 0 Å². The minimum atomic E-state index is -1.11. The molecule has 1 N–H and O–H groups in total. The summed E-state index contributed by atoms with van der Waals surface area (Å²) in [4.78, 5) is 0. The van der Waals surface area contributed by atoms with Gasteiger partial charge in [0.15, 0.2) is 0 Å². The molecule has 0 aromatic heterocycles. The molecule has 0 bridgehead atoms. The predicted molar refractivity (Wildman–Crippen MR) is 46.8 cm³/mol. The summed E-state index contributed by atoms with van der Waals surface area (Å²) in [5.41, 5.74) is -0.261. The van der Waals surface area contributed by atoms with E-state index < -0.39 is 5.67 Å². The molecule has 0 saturated carbocycles. The number of benzene rings is 1. The van der Waals surface area contributed by atoms with Crippen LogP contribution in [0, 0.1) is 5.82 Å². The maximum Gasteiger partial charge on any atom is 0.139 e. The molecule has 3 heteroatoms. The lowest BCUT2D eigenvalue weighted by Crippen LogP contribution is -2.57. The van der Waals surface area contributed by atoms with Crippen LogP contribution in [-0.4, -0.2) is 18.8 Å². The van der Waals surface area contributed by atoms with Gasteiger partial charge in [-0.05, 0) is 17.7 Å². The topological polar surface area (TPSA) is 12.0 Å². The van der Waals surface area contributed by atoms with Crippen molar-refractivity contribution in [2.75, 3.05) is 13.1 Å². The fraction of sp³-hybridized carbons (Fsp3) is 0.400. The minimum absolute atomic E-state index is 0.275. The first-order valence-electron chi connectivity index (χ1n) is 4.32. The van der Waals surface area contributed by atoms with Crippen LogP contribution in [0.5, 0.6) is 0 Å². The zero-order valence-electron chi connectivity index (χ0n) is 7.19. The van der Waals surface area contributed by atoms with Gasteiger partial charge in [-0.1, -0.05) is 12.1 Å². The van der Waals surface area contributed by atoms with Gasteiger partial charge in [0.2, 0.25) is 0 Å². The van der Waals surface area contributed by atoms with Gasteiger partial charge in [0.1, 0.15) is 11.5 Å². The first-order chi connectivity index (χ1) is 6.18.